The first-order valence-corrected chi connectivity index (χ1v) is 10.1. The highest BCUT2D eigenvalue weighted by molar-refractivity contribution is 5.79. The molecule has 3 aliphatic rings. The van der Waals surface area contributed by atoms with Gasteiger partial charge < -0.3 is 14.9 Å². The van der Waals surface area contributed by atoms with Crippen LogP contribution in [0, 0.1) is 5.92 Å². The van der Waals surface area contributed by atoms with Gasteiger partial charge in [-0.25, -0.2) is 4.79 Å². The number of hydrogen-bond donors (Lipinski definition) is 1. The SMILES string of the molecule is O=C(O)C(F)(F)F.O=C1CCC2(CCN(CC3CC3)CC2)N1Cc1ccccc1. The van der Waals surface area contributed by atoms with E-state index in [2.05, 4.69) is 34.1 Å². The van der Waals surface area contributed by atoms with Crippen molar-refractivity contribution in [3.63, 3.8) is 0 Å². The molecule has 2 heterocycles. The van der Waals surface area contributed by atoms with Gasteiger partial charge in [0, 0.05) is 38.1 Å². The summed E-state index contributed by atoms with van der Waals surface area (Å²) in [6, 6.07) is 10.5. The van der Waals surface area contributed by atoms with E-state index in [0.717, 1.165) is 38.1 Å². The number of carboxylic acid groups (broad SMARTS) is 1. The van der Waals surface area contributed by atoms with Gasteiger partial charge in [0.2, 0.25) is 5.91 Å². The van der Waals surface area contributed by atoms with E-state index >= 15 is 0 Å². The van der Waals surface area contributed by atoms with Crippen LogP contribution in [0.4, 0.5) is 13.2 Å². The van der Waals surface area contributed by atoms with E-state index < -0.39 is 12.1 Å². The van der Waals surface area contributed by atoms with Gasteiger partial charge in [0.15, 0.2) is 0 Å². The highest BCUT2D eigenvalue weighted by Gasteiger charge is 2.47. The van der Waals surface area contributed by atoms with Crippen molar-refractivity contribution in [2.75, 3.05) is 19.6 Å². The summed E-state index contributed by atoms with van der Waals surface area (Å²) in [5, 5.41) is 7.12. The number of alkyl halides is 3. The first-order chi connectivity index (χ1) is 13.7. The first-order valence-electron chi connectivity index (χ1n) is 10.1. The predicted molar refractivity (Wildman–Crippen MR) is 101 cm³/mol. The maximum atomic E-state index is 12.4. The molecule has 1 N–H and O–H groups in total. The molecule has 1 amide bonds. The second kappa shape index (κ2) is 8.73. The van der Waals surface area contributed by atoms with Crippen LogP contribution in [0.5, 0.6) is 0 Å². The van der Waals surface area contributed by atoms with Crippen molar-refractivity contribution in [1.82, 2.24) is 9.80 Å². The van der Waals surface area contributed by atoms with Gasteiger partial charge in [-0.15, -0.1) is 0 Å². The molecule has 1 saturated carbocycles. The lowest BCUT2D eigenvalue weighted by Gasteiger charge is -2.45. The fourth-order valence-electron chi connectivity index (χ4n) is 4.23. The van der Waals surface area contributed by atoms with E-state index in [1.54, 1.807) is 0 Å². The average molecular weight is 412 g/mol. The van der Waals surface area contributed by atoms with Crippen LogP contribution in [0.25, 0.3) is 0 Å². The fourth-order valence-corrected chi connectivity index (χ4v) is 4.23. The average Bonchev–Trinajstić information content (AvgIpc) is 3.45. The number of amides is 1. The van der Waals surface area contributed by atoms with E-state index in [4.69, 9.17) is 9.90 Å². The van der Waals surface area contributed by atoms with Crippen LogP contribution in [-0.4, -0.2) is 58.1 Å². The standard InChI is InChI=1S/C19H26N2O.C2HF3O2/c22-18-8-9-19(21(18)15-16-4-2-1-3-5-16)10-12-20(13-11-19)14-17-6-7-17;3-2(4,5)1(6)7/h1-5,17H,6-15H2;(H,6,7). The lowest BCUT2D eigenvalue weighted by molar-refractivity contribution is -0.192. The lowest BCUT2D eigenvalue weighted by Crippen LogP contribution is -2.53. The quantitative estimate of drug-likeness (QED) is 0.820. The van der Waals surface area contributed by atoms with Gasteiger partial charge in [-0.05, 0) is 43.6 Å². The molecule has 1 aliphatic carbocycles. The molecule has 0 aromatic heterocycles. The maximum absolute atomic E-state index is 12.4. The van der Waals surface area contributed by atoms with Crippen molar-refractivity contribution < 1.29 is 27.9 Å². The van der Waals surface area contributed by atoms with Crippen LogP contribution in [0.1, 0.15) is 44.1 Å². The fraction of sp³-hybridized carbons (Fsp3) is 0.619. The third kappa shape index (κ3) is 5.72. The maximum Gasteiger partial charge on any atom is 0.490 e. The highest BCUT2D eigenvalue weighted by Crippen LogP contribution is 2.41. The van der Waals surface area contributed by atoms with Gasteiger partial charge in [-0.2, -0.15) is 13.2 Å². The van der Waals surface area contributed by atoms with Crippen LogP contribution in [-0.2, 0) is 16.1 Å². The monoisotopic (exact) mass is 412 g/mol. The molecule has 4 rings (SSSR count). The summed E-state index contributed by atoms with van der Waals surface area (Å²) < 4.78 is 31.7. The molecule has 1 aromatic rings. The van der Waals surface area contributed by atoms with Gasteiger partial charge in [0.05, 0.1) is 0 Å². The van der Waals surface area contributed by atoms with Crippen molar-refractivity contribution in [3.8, 4) is 0 Å². The zero-order chi connectivity index (χ0) is 21.1. The number of piperidine rings is 1. The van der Waals surface area contributed by atoms with E-state index in [0.29, 0.717) is 5.91 Å². The van der Waals surface area contributed by atoms with Crippen molar-refractivity contribution in [1.29, 1.82) is 0 Å². The molecule has 160 valence electrons. The largest absolute Gasteiger partial charge is 0.490 e. The molecule has 5 nitrogen and oxygen atoms in total. The molecule has 0 bridgehead atoms. The number of carbonyl (C=O) groups is 2. The Labute approximate surface area is 168 Å². The Bertz CT molecular complexity index is 712. The Kier molecular flexibility index (Phi) is 6.51. The smallest absolute Gasteiger partial charge is 0.475 e. The predicted octanol–water partition coefficient (Wildman–Crippen LogP) is 3.69. The number of rotatable bonds is 4. The Morgan fingerprint density at radius 1 is 1.10 bits per heavy atom. The normalized spacial score (nSPS) is 21.8. The molecule has 0 atom stereocenters. The Balaban J connectivity index is 0.000000298. The van der Waals surface area contributed by atoms with E-state index in [1.807, 2.05) is 6.07 Å². The summed E-state index contributed by atoms with van der Waals surface area (Å²) in [5.41, 5.74) is 1.41. The van der Waals surface area contributed by atoms with Crippen molar-refractivity contribution in [2.24, 2.45) is 5.92 Å². The van der Waals surface area contributed by atoms with E-state index in [1.165, 1.54) is 38.0 Å². The number of carboxylic acids is 1. The topological polar surface area (TPSA) is 60.9 Å². The molecular formula is C21H27F3N2O3. The second-order valence-electron chi connectivity index (χ2n) is 8.24. The zero-order valence-electron chi connectivity index (χ0n) is 16.3. The molecule has 1 aromatic carbocycles. The number of carbonyl (C=O) groups excluding carboxylic acids is 1. The van der Waals surface area contributed by atoms with Crippen LogP contribution < -0.4 is 0 Å². The highest BCUT2D eigenvalue weighted by atomic mass is 19.4. The lowest BCUT2D eigenvalue weighted by atomic mass is 9.84. The first kappa shape index (κ1) is 21.6. The van der Waals surface area contributed by atoms with E-state index in [-0.39, 0.29) is 5.54 Å². The van der Waals surface area contributed by atoms with E-state index in [9.17, 15) is 18.0 Å². The number of hydrogen-bond acceptors (Lipinski definition) is 3. The summed E-state index contributed by atoms with van der Waals surface area (Å²) in [5.74, 6) is -1.42. The van der Waals surface area contributed by atoms with Gasteiger partial charge in [0.25, 0.3) is 0 Å². The summed E-state index contributed by atoms with van der Waals surface area (Å²) in [4.78, 5) is 26.2. The third-order valence-electron chi connectivity index (χ3n) is 6.10. The van der Waals surface area contributed by atoms with Crippen molar-refractivity contribution in [2.45, 2.75) is 56.8 Å². The molecule has 3 fully saturated rings. The number of halogens is 3. The molecule has 29 heavy (non-hydrogen) atoms. The third-order valence-corrected chi connectivity index (χ3v) is 6.10. The summed E-state index contributed by atoms with van der Waals surface area (Å²) in [6.45, 7) is 4.44. The zero-order valence-corrected chi connectivity index (χ0v) is 16.3. The number of benzene rings is 1. The molecule has 2 aliphatic heterocycles. The molecule has 8 heteroatoms. The Hall–Kier alpha value is -2.09. The summed E-state index contributed by atoms with van der Waals surface area (Å²) in [7, 11) is 0. The molecule has 0 radical (unpaired) electrons. The van der Waals surface area contributed by atoms with Gasteiger partial charge >= 0.3 is 12.1 Å². The summed E-state index contributed by atoms with van der Waals surface area (Å²) in [6.07, 6.45) is 1.92. The number of nitrogens with zero attached hydrogens (tertiary/aromatic N) is 2. The Morgan fingerprint density at radius 3 is 2.21 bits per heavy atom. The van der Waals surface area contributed by atoms with Crippen LogP contribution in [0.15, 0.2) is 30.3 Å². The minimum Gasteiger partial charge on any atom is -0.475 e. The van der Waals surface area contributed by atoms with Gasteiger partial charge in [0.1, 0.15) is 0 Å². The van der Waals surface area contributed by atoms with Gasteiger partial charge in [-0.3, -0.25) is 4.79 Å². The number of aliphatic carboxylic acids is 1. The van der Waals surface area contributed by atoms with Crippen LogP contribution in [0.2, 0.25) is 0 Å². The van der Waals surface area contributed by atoms with Crippen molar-refractivity contribution in [3.05, 3.63) is 35.9 Å². The van der Waals surface area contributed by atoms with Crippen LogP contribution in [0.3, 0.4) is 0 Å². The molecule has 2 saturated heterocycles. The van der Waals surface area contributed by atoms with Crippen molar-refractivity contribution >= 4 is 11.9 Å². The summed E-state index contributed by atoms with van der Waals surface area (Å²) >= 11 is 0. The molecular weight excluding hydrogens is 385 g/mol. The molecule has 0 unspecified atom stereocenters. The number of likely N-dealkylation sites (tertiary alicyclic amines) is 2. The minimum atomic E-state index is -5.08. The Morgan fingerprint density at radius 2 is 1.69 bits per heavy atom. The second-order valence-corrected chi connectivity index (χ2v) is 8.24. The van der Waals surface area contributed by atoms with Gasteiger partial charge in [-0.1, -0.05) is 30.3 Å². The van der Waals surface area contributed by atoms with Crippen LogP contribution >= 0.6 is 0 Å². The molecule has 1 spiro atoms. The minimum absolute atomic E-state index is 0.146.